The molecule has 1 N–H and O–H groups in total. The van der Waals surface area contributed by atoms with Crippen molar-refractivity contribution in [2.75, 3.05) is 13.7 Å². The molecule has 0 saturated carbocycles. The number of rotatable bonds is 7. The summed E-state index contributed by atoms with van der Waals surface area (Å²) in [6, 6.07) is 9.98. The standard InChI is InChI=1S/C22H33NO4Si/c1-16-20(27-28(6,7)22(2,3)4)19(21(25)26-5)18(23(16)13-14-24)15-17-11-9-8-10-12-17/h8-12,24H,13-15H2,1-7H3. The summed E-state index contributed by atoms with van der Waals surface area (Å²) in [6.45, 7) is 13.2. The molecule has 0 aliphatic heterocycles. The van der Waals surface area contributed by atoms with E-state index >= 15 is 0 Å². The van der Waals surface area contributed by atoms with Crippen LogP contribution in [0.25, 0.3) is 0 Å². The molecule has 28 heavy (non-hydrogen) atoms. The van der Waals surface area contributed by atoms with E-state index < -0.39 is 14.3 Å². The summed E-state index contributed by atoms with van der Waals surface area (Å²) in [5.74, 6) is 0.192. The number of methoxy groups -OCH3 is 1. The Bertz CT molecular complexity index is 819. The van der Waals surface area contributed by atoms with Gasteiger partial charge in [0.25, 0.3) is 8.32 Å². The van der Waals surface area contributed by atoms with Crippen LogP contribution >= 0.6 is 0 Å². The highest BCUT2D eigenvalue weighted by atomic mass is 28.4. The van der Waals surface area contributed by atoms with Crippen LogP contribution < -0.4 is 4.43 Å². The van der Waals surface area contributed by atoms with Gasteiger partial charge in [-0.2, -0.15) is 0 Å². The Hall–Kier alpha value is -2.05. The number of carbonyl (C=O) groups is 1. The molecule has 0 amide bonds. The lowest BCUT2D eigenvalue weighted by Gasteiger charge is -2.36. The van der Waals surface area contributed by atoms with Gasteiger partial charge in [0.1, 0.15) is 11.3 Å². The fraction of sp³-hybridized carbons (Fsp3) is 0.500. The first-order chi connectivity index (χ1) is 13.0. The van der Waals surface area contributed by atoms with Crippen LogP contribution in [0.2, 0.25) is 18.1 Å². The van der Waals surface area contributed by atoms with Gasteiger partial charge in [0.2, 0.25) is 0 Å². The molecule has 2 aromatic rings. The van der Waals surface area contributed by atoms with Gasteiger partial charge < -0.3 is 18.8 Å². The lowest BCUT2D eigenvalue weighted by atomic mass is 10.1. The Labute approximate surface area is 169 Å². The van der Waals surface area contributed by atoms with Gasteiger partial charge in [-0.3, -0.25) is 0 Å². The largest absolute Gasteiger partial charge is 0.542 e. The number of aromatic nitrogens is 1. The van der Waals surface area contributed by atoms with E-state index in [4.69, 9.17) is 9.16 Å². The summed E-state index contributed by atoms with van der Waals surface area (Å²) in [4.78, 5) is 12.8. The second-order valence-electron chi connectivity index (χ2n) is 8.63. The average Bonchev–Trinajstić information content (AvgIpc) is 2.86. The first-order valence-corrected chi connectivity index (χ1v) is 12.6. The molecule has 0 spiro atoms. The molecule has 1 heterocycles. The maximum Gasteiger partial charge on any atom is 0.343 e. The highest BCUT2D eigenvalue weighted by Crippen LogP contribution is 2.41. The third kappa shape index (κ3) is 4.50. The minimum atomic E-state index is -2.18. The molecule has 0 bridgehead atoms. The third-order valence-electron chi connectivity index (χ3n) is 5.67. The Morgan fingerprint density at radius 1 is 1.18 bits per heavy atom. The second-order valence-corrected chi connectivity index (χ2v) is 13.4. The molecule has 0 atom stereocenters. The number of ether oxygens (including phenoxy) is 1. The molecule has 1 aromatic heterocycles. The minimum absolute atomic E-state index is 0.00843. The van der Waals surface area contributed by atoms with E-state index in [9.17, 15) is 9.90 Å². The van der Waals surface area contributed by atoms with Crippen molar-refractivity contribution in [3.8, 4) is 5.75 Å². The van der Waals surface area contributed by atoms with E-state index in [0.717, 1.165) is 17.0 Å². The van der Waals surface area contributed by atoms with Gasteiger partial charge >= 0.3 is 5.97 Å². The van der Waals surface area contributed by atoms with Gasteiger partial charge in [-0.25, -0.2) is 4.79 Å². The molecule has 1 aromatic carbocycles. The summed E-state index contributed by atoms with van der Waals surface area (Å²) in [6.07, 6.45) is 0.562. The first-order valence-electron chi connectivity index (χ1n) is 9.67. The van der Waals surface area contributed by atoms with E-state index in [1.54, 1.807) is 0 Å². The summed E-state index contributed by atoms with van der Waals surface area (Å²) in [5, 5.41) is 9.61. The van der Waals surface area contributed by atoms with Crippen LogP contribution in [-0.4, -0.2) is 37.7 Å². The molecular formula is C22H33NO4Si. The Balaban J connectivity index is 2.67. The number of nitrogens with zero attached hydrogens (tertiary/aromatic N) is 1. The predicted octanol–water partition coefficient (Wildman–Crippen LogP) is 4.55. The van der Waals surface area contributed by atoms with Gasteiger partial charge in [-0.05, 0) is 30.6 Å². The normalized spacial score (nSPS) is 12.1. The second kappa shape index (κ2) is 8.53. The van der Waals surface area contributed by atoms with Crippen molar-refractivity contribution in [2.45, 2.75) is 58.8 Å². The van der Waals surface area contributed by atoms with Crippen molar-refractivity contribution in [1.29, 1.82) is 0 Å². The quantitative estimate of drug-likeness (QED) is 0.544. The molecule has 0 unspecified atom stereocenters. The Morgan fingerprint density at radius 2 is 1.79 bits per heavy atom. The van der Waals surface area contributed by atoms with Crippen LogP contribution in [0.15, 0.2) is 30.3 Å². The lowest BCUT2D eigenvalue weighted by molar-refractivity contribution is 0.0597. The van der Waals surface area contributed by atoms with E-state index in [0.29, 0.717) is 24.3 Å². The molecule has 0 aliphatic rings. The monoisotopic (exact) mass is 403 g/mol. The van der Waals surface area contributed by atoms with Crippen LogP contribution in [0.3, 0.4) is 0 Å². The maximum atomic E-state index is 12.8. The van der Waals surface area contributed by atoms with E-state index in [2.05, 4.69) is 33.9 Å². The predicted molar refractivity (Wildman–Crippen MR) is 115 cm³/mol. The maximum absolute atomic E-state index is 12.8. The lowest BCUT2D eigenvalue weighted by Crippen LogP contribution is -2.44. The minimum Gasteiger partial charge on any atom is -0.542 e. The molecule has 0 fully saturated rings. The molecule has 5 nitrogen and oxygen atoms in total. The van der Waals surface area contributed by atoms with Crippen LogP contribution in [0.5, 0.6) is 5.75 Å². The molecule has 0 aliphatic carbocycles. The number of aliphatic hydroxyl groups is 1. The van der Waals surface area contributed by atoms with Crippen LogP contribution in [-0.2, 0) is 17.7 Å². The van der Waals surface area contributed by atoms with E-state index in [1.165, 1.54) is 7.11 Å². The third-order valence-corrected chi connectivity index (χ3v) is 9.99. The highest BCUT2D eigenvalue weighted by molar-refractivity contribution is 6.74. The number of carbonyl (C=O) groups excluding carboxylic acids is 1. The summed E-state index contributed by atoms with van der Waals surface area (Å²) < 4.78 is 13.7. The number of aliphatic hydroxyl groups excluding tert-OH is 1. The highest BCUT2D eigenvalue weighted by Gasteiger charge is 2.41. The smallest absolute Gasteiger partial charge is 0.343 e. The van der Waals surface area contributed by atoms with Crippen LogP contribution in [0.1, 0.15) is 48.1 Å². The molecule has 154 valence electrons. The van der Waals surface area contributed by atoms with Crippen LogP contribution in [0.4, 0.5) is 0 Å². The van der Waals surface area contributed by atoms with Gasteiger partial charge in [0, 0.05) is 18.7 Å². The fourth-order valence-electron chi connectivity index (χ4n) is 2.99. The van der Waals surface area contributed by atoms with Gasteiger partial charge in [0.15, 0.2) is 0 Å². The molecule has 2 rings (SSSR count). The molecule has 6 heteroatoms. The summed E-state index contributed by atoms with van der Waals surface area (Å²) in [5.41, 5.74) is 3.23. The van der Waals surface area contributed by atoms with Crippen molar-refractivity contribution in [2.24, 2.45) is 0 Å². The number of hydrogen-bond donors (Lipinski definition) is 1. The molecule has 0 radical (unpaired) electrons. The first kappa shape index (κ1) is 22.2. The molecule has 0 saturated heterocycles. The summed E-state index contributed by atoms with van der Waals surface area (Å²) >= 11 is 0. The number of esters is 1. The van der Waals surface area contributed by atoms with Crippen molar-refractivity contribution in [3.05, 3.63) is 52.8 Å². The van der Waals surface area contributed by atoms with E-state index in [1.807, 2.05) is 41.8 Å². The zero-order valence-corrected chi connectivity index (χ0v) is 19.1. The van der Waals surface area contributed by atoms with Gasteiger partial charge in [-0.15, -0.1) is 0 Å². The molecular weight excluding hydrogens is 370 g/mol. The average molecular weight is 404 g/mol. The van der Waals surface area contributed by atoms with Crippen molar-refractivity contribution in [3.63, 3.8) is 0 Å². The Kier molecular flexibility index (Phi) is 6.78. The summed E-state index contributed by atoms with van der Waals surface area (Å²) in [7, 11) is -0.783. The van der Waals surface area contributed by atoms with Crippen molar-refractivity contribution >= 4 is 14.3 Å². The topological polar surface area (TPSA) is 60.7 Å². The van der Waals surface area contributed by atoms with Crippen molar-refractivity contribution in [1.82, 2.24) is 4.57 Å². The van der Waals surface area contributed by atoms with Crippen LogP contribution in [0, 0.1) is 6.92 Å². The van der Waals surface area contributed by atoms with Crippen molar-refractivity contribution < 1.29 is 19.1 Å². The zero-order chi connectivity index (χ0) is 21.1. The zero-order valence-electron chi connectivity index (χ0n) is 18.1. The number of benzene rings is 1. The van der Waals surface area contributed by atoms with Gasteiger partial charge in [0.05, 0.1) is 19.4 Å². The fourth-order valence-corrected chi connectivity index (χ4v) is 4.06. The Morgan fingerprint density at radius 3 is 2.29 bits per heavy atom. The van der Waals surface area contributed by atoms with E-state index in [-0.39, 0.29) is 11.6 Å². The number of hydrogen-bond acceptors (Lipinski definition) is 4. The van der Waals surface area contributed by atoms with Gasteiger partial charge in [-0.1, -0.05) is 51.1 Å². The SMILES string of the molecule is COC(=O)c1c(O[Si](C)(C)C(C)(C)C)c(C)n(CCO)c1Cc1ccccc1.